The molecule has 1 heterocycles. The summed E-state index contributed by atoms with van der Waals surface area (Å²) in [5.41, 5.74) is 0. The van der Waals surface area contributed by atoms with Crippen LogP contribution in [0, 0.1) is 12.3 Å². The molecule has 1 aliphatic rings. The van der Waals surface area contributed by atoms with Gasteiger partial charge in [-0.2, -0.15) is 0 Å². The zero-order valence-electron chi connectivity index (χ0n) is 7.71. The molecule has 1 N–H and O–H groups in total. The van der Waals surface area contributed by atoms with Crippen molar-refractivity contribution in [3.63, 3.8) is 0 Å². The predicted molar refractivity (Wildman–Crippen MR) is 50.1 cm³/mol. The predicted octanol–water partition coefficient (Wildman–Crippen LogP) is 0.695. The Balaban J connectivity index is 2.18. The van der Waals surface area contributed by atoms with Gasteiger partial charge in [0.2, 0.25) is 5.91 Å². The lowest BCUT2D eigenvalue weighted by atomic mass is 10.1. The van der Waals surface area contributed by atoms with E-state index in [0.717, 1.165) is 19.3 Å². The van der Waals surface area contributed by atoms with E-state index < -0.39 is 0 Å². The zero-order valence-corrected chi connectivity index (χ0v) is 7.71. The third-order valence-electron chi connectivity index (χ3n) is 2.04. The maximum Gasteiger partial charge on any atom is 0.249 e. The van der Waals surface area contributed by atoms with Gasteiger partial charge in [0.15, 0.2) is 0 Å². The Hall–Kier alpha value is -1.01. The summed E-state index contributed by atoms with van der Waals surface area (Å²) in [7, 11) is 0. The summed E-state index contributed by atoms with van der Waals surface area (Å²) >= 11 is 0. The molecule has 72 valence electrons. The Morgan fingerprint density at radius 2 is 2.46 bits per heavy atom. The SMILES string of the molecule is C#CCCNC(=O)C1CCCCO1. The molecule has 1 aliphatic heterocycles. The van der Waals surface area contributed by atoms with E-state index in [1.807, 2.05) is 0 Å². The third kappa shape index (κ3) is 3.47. The van der Waals surface area contributed by atoms with E-state index in [4.69, 9.17) is 11.2 Å². The maximum absolute atomic E-state index is 11.4. The van der Waals surface area contributed by atoms with Crippen LogP contribution < -0.4 is 5.32 Å². The molecule has 0 spiro atoms. The van der Waals surface area contributed by atoms with Gasteiger partial charge < -0.3 is 10.1 Å². The van der Waals surface area contributed by atoms with Gasteiger partial charge in [-0.25, -0.2) is 0 Å². The van der Waals surface area contributed by atoms with Gasteiger partial charge in [-0.3, -0.25) is 4.79 Å². The van der Waals surface area contributed by atoms with Crippen LogP contribution in [0.15, 0.2) is 0 Å². The summed E-state index contributed by atoms with van der Waals surface area (Å²) < 4.78 is 5.31. The Labute approximate surface area is 78.8 Å². The second-order valence-electron chi connectivity index (χ2n) is 3.10. The Morgan fingerprint density at radius 3 is 3.08 bits per heavy atom. The molecular weight excluding hydrogens is 166 g/mol. The highest BCUT2D eigenvalue weighted by Crippen LogP contribution is 2.12. The Kier molecular flexibility index (Phi) is 4.34. The molecule has 1 unspecified atom stereocenters. The van der Waals surface area contributed by atoms with Gasteiger partial charge in [-0.05, 0) is 19.3 Å². The van der Waals surface area contributed by atoms with Crippen LogP contribution in [0.4, 0.5) is 0 Å². The van der Waals surface area contributed by atoms with E-state index in [0.29, 0.717) is 19.6 Å². The van der Waals surface area contributed by atoms with E-state index >= 15 is 0 Å². The van der Waals surface area contributed by atoms with Crippen LogP contribution in [0.1, 0.15) is 25.7 Å². The van der Waals surface area contributed by atoms with Gasteiger partial charge >= 0.3 is 0 Å². The molecule has 0 aromatic carbocycles. The molecule has 0 aromatic rings. The average Bonchev–Trinajstić information content (AvgIpc) is 2.19. The summed E-state index contributed by atoms with van der Waals surface area (Å²) in [6.45, 7) is 1.25. The molecule has 1 amide bonds. The van der Waals surface area contributed by atoms with Crippen molar-refractivity contribution < 1.29 is 9.53 Å². The minimum atomic E-state index is -0.244. The summed E-state index contributed by atoms with van der Waals surface area (Å²) in [6.07, 6.45) is 8.37. The Bertz CT molecular complexity index is 201. The first-order valence-electron chi connectivity index (χ1n) is 4.67. The van der Waals surface area contributed by atoms with Gasteiger partial charge in [-0.15, -0.1) is 12.3 Å². The lowest BCUT2D eigenvalue weighted by Gasteiger charge is -2.21. The molecule has 3 nitrogen and oxygen atoms in total. The topological polar surface area (TPSA) is 38.3 Å². The van der Waals surface area contributed by atoms with Crippen molar-refractivity contribution in [2.45, 2.75) is 31.8 Å². The molecule has 0 radical (unpaired) electrons. The normalized spacial score (nSPS) is 21.9. The molecule has 1 atom stereocenters. The number of terminal acetylenes is 1. The summed E-state index contributed by atoms with van der Waals surface area (Å²) in [5.74, 6) is 2.45. The fraction of sp³-hybridized carbons (Fsp3) is 0.700. The number of ether oxygens (including phenoxy) is 1. The van der Waals surface area contributed by atoms with E-state index in [1.165, 1.54) is 0 Å². The molecule has 0 saturated carbocycles. The number of hydrogen-bond donors (Lipinski definition) is 1. The average molecular weight is 181 g/mol. The largest absolute Gasteiger partial charge is 0.368 e. The van der Waals surface area contributed by atoms with Crippen molar-refractivity contribution in [3.05, 3.63) is 0 Å². The second-order valence-corrected chi connectivity index (χ2v) is 3.10. The molecule has 0 aliphatic carbocycles. The quantitative estimate of drug-likeness (QED) is 0.514. The number of nitrogens with one attached hydrogen (secondary N) is 1. The first-order valence-corrected chi connectivity index (χ1v) is 4.67. The van der Waals surface area contributed by atoms with Crippen LogP contribution in [0.2, 0.25) is 0 Å². The standard InChI is InChI=1S/C10H15NO2/c1-2-3-7-11-10(12)9-6-4-5-8-13-9/h1,9H,3-8H2,(H,11,12). The molecule has 1 saturated heterocycles. The summed E-state index contributed by atoms with van der Waals surface area (Å²) in [6, 6.07) is 0. The third-order valence-corrected chi connectivity index (χ3v) is 2.04. The fourth-order valence-corrected chi connectivity index (χ4v) is 1.32. The van der Waals surface area contributed by atoms with E-state index in [2.05, 4.69) is 11.2 Å². The smallest absolute Gasteiger partial charge is 0.249 e. The van der Waals surface area contributed by atoms with E-state index in [-0.39, 0.29) is 12.0 Å². The maximum atomic E-state index is 11.4. The van der Waals surface area contributed by atoms with Crippen molar-refractivity contribution in [2.24, 2.45) is 0 Å². The van der Waals surface area contributed by atoms with Gasteiger partial charge in [0.25, 0.3) is 0 Å². The van der Waals surface area contributed by atoms with Crippen molar-refractivity contribution >= 4 is 5.91 Å². The fourth-order valence-electron chi connectivity index (χ4n) is 1.32. The zero-order chi connectivity index (χ0) is 9.52. The van der Waals surface area contributed by atoms with Crippen LogP contribution in [0.25, 0.3) is 0 Å². The highest BCUT2D eigenvalue weighted by atomic mass is 16.5. The number of amides is 1. The molecule has 1 fully saturated rings. The van der Waals surface area contributed by atoms with Crippen LogP contribution in [-0.2, 0) is 9.53 Å². The number of rotatable bonds is 3. The van der Waals surface area contributed by atoms with Gasteiger partial charge in [0, 0.05) is 19.6 Å². The van der Waals surface area contributed by atoms with Crippen molar-refractivity contribution in [3.8, 4) is 12.3 Å². The van der Waals surface area contributed by atoms with Crippen molar-refractivity contribution in [2.75, 3.05) is 13.2 Å². The van der Waals surface area contributed by atoms with Crippen molar-refractivity contribution in [1.82, 2.24) is 5.32 Å². The monoisotopic (exact) mass is 181 g/mol. The molecule has 0 bridgehead atoms. The van der Waals surface area contributed by atoms with Crippen LogP contribution >= 0.6 is 0 Å². The first kappa shape index (κ1) is 10.1. The molecule has 0 aromatic heterocycles. The minimum absolute atomic E-state index is 0.0186. The highest BCUT2D eigenvalue weighted by Gasteiger charge is 2.20. The minimum Gasteiger partial charge on any atom is -0.368 e. The van der Waals surface area contributed by atoms with Crippen molar-refractivity contribution in [1.29, 1.82) is 0 Å². The number of carbonyl (C=O) groups is 1. The lowest BCUT2D eigenvalue weighted by Crippen LogP contribution is -2.38. The number of hydrogen-bond acceptors (Lipinski definition) is 2. The van der Waals surface area contributed by atoms with Crippen LogP contribution in [-0.4, -0.2) is 25.2 Å². The highest BCUT2D eigenvalue weighted by molar-refractivity contribution is 5.80. The summed E-state index contributed by atoms with van der Waals surface area (Å²) in [5, 5.41) is 2.75. The molecule has 3 heteroatoms. The number of carbonyl (C=O) groups excluding carboxylic acids is 1. The van der Waals surface area contributed by atoms with E-state index in [1.54, 1.807) is 0 Å². The van der Waals surface area contributed by atoms with Gasteiger partial charge in [0.05, 0.1) is 0 Å². The van der Waals surface area contributed by atoms with Crippen LogP contribution in [0.5, 0.6) is 0 Å². The lowest BCUT2D eigenvalue weighted by molar-refractivity contribution is -0.135. The van der Waals surface area contributed by atoms with Gasteiger partial charge in [0.1, 0.15) is 6.10 Å². The second kappa shape index (κ2) is 5.60. The van der Waals surface area contributed by atoms with Gasteiger partial charge in [-0.1, -0.05) is 0 Å². The van der Waals surface area contributed by atoms with Crippen LogP contribution in [0.3, 0.4) is 0 Å². The molecule has 1 rings (SSSR count). The molecular formula is C10H15NO2. The molecule has 13 heavy (non-hydrogen) atoms. The summed E-state index contributed by atoms with van der Waals surface area (Å²) in [4.78, 5) is 11.4. The first-order chi connectivity index (χ1) is 6.34. The Morgan fingerprint density at radius 1 is 1.62 bits per heavy atom. The van der Waals surface area contributed by atoms with E-state index in [9.17, 15) is 4.79 Å².